The number of carbonyl (C=O) groups is 2. The van der Waals surface area contributed by atoms with Gasteiger partial charge in [-0.05, 0) is 57.8 Å². The summed E-state index contributed by atoms with van der Waals surface area (Å²) < 4.78 is 5.46. The third-order valence-electron chi connectivity index (χ3n) is 13.2. The molecule has 0 aliphatic rings. The molecule has 3 N–H and O–H groups in total. The van der Waals surface area contributed by atoms with Gasteiger partial charge >= 0.3 is 5.97 Å². The lowest BCUT2D eigenvalue weighted by Gasteiger charge is -2.20. The second kappa shape index (κ2) is 54.0. The number of aliphatic hydroxyl groups is 2. The molecule has 0 spiro atoms. The predicted molar refractivity (Wildman–Crippen MR) is 278 cm³/mol. The Hall–Kier alpha value is -1.66. The van der Waals surface area contributed by atoms with Crippen LogP contribution in [-0.2, 0) is 14.3 Å². The minimum atomic E-state index is -0.848. The van der Waals surface area contributed by atoms with Crippen LogP contribution in [0.3, 0.4) is 0 Å². The topological polar surface area (TPSA) is 95.9 Å². The Morgan fingerprint density at radius 1 is 0.422 bits per heavy atom. The van der Waals surface area contributed by atoms with E-state index in [0.717, 1.165) is 44.9 Å². The Balaban J connectivity index is 3.45. The standard InChI is InChI=1S/C58H111NO5/c1-3-5-7-9-11-13-15-17-18-20-23-27-30-34-38-42-46-50-56(61)55(54-60)59-57(62)51-47-43-39-35-31-28-24-21-19-22-25-29-33-37-41-45-49-53-64-58(63)52-48-44-40-36-32-26-16-14-12-10-8-6-4-2/h14,16,46,50,55-56,60-61H,3-13,15,17-45,47-49,51-54H2,1-2H3,(H,59,62)/b16-14-,50-46+. The number of ether oxygens (including phenoxy) is 1. The fraction of sp³-hybridized carbons (Fsp3) is 0.897. The lowest BCUT2D eigenvalue weighted by molar-refractivity contribution is -0.143. The van der Waals surface area contributed by atoms with E-state index < -0.39 is 12.1 Å². The SMILES string of the molecule is CCCCCC/C=C\CCCCCCCC(=O)OCCCCCCCCCCCCCCCCCCCC(=O)NC(CO)C(O)/C=C/CCCCCCCCCCCCCCCCC. The Morgan fingerprint density at radius 3 is 1.12 bits per heavy atom. The summed E-state index contributed by atoms with van der Waals surface area (Å²) in [5, 5.41) is 23.1. The first-order valence-corrected chi connectivity index (χ1v) is 28.6. The van der Waals surface area contributed by atoms with Gasteiger partial charge in [0.05, 0.1) is 25.4 Å². The van der Waals surface area contributed by atoms with E-state index in [1.165, 1.54) is 238 Å². The number of amides is 1. The third-order valence-corrected chi connectivity index (χ3v) is 13.2. The van der Waals surface area contributed by atoms with E-state index >= 15 is 0 Å². The molecule has 0 aromatic rings. The number of allylic oxidation sites excluding steroid dienone is 3. The van der Waals surface area contributed by atoms with Gasteiger partial charge in [-0.25, -0.2) is 0 Å². The summed E-state index contributed by atoms with van der Waals surface area (Å²) in [6.07, 6.45) is 64.8. The monoisotopic (exact) mass is 902 g/mol. The Kier molecular flexibility index (Phi) is 52.6. The highest BCUT2D eigenvalue weighted by atomic mass is 16.5. The zero-order valence-corrected chi connectivity index (χ0v) is 43.0. The van der Waals surface area contributed by atoms with Gasteiger partial charge < -0.3 is 20.3 Å². The summed E-state index contributed by atoms with van der Waals surface area (Å²) in [7, 11) is 0. The molecule has 0 rings (SSSR count). The fourth-order valence-electron chi connectivity index (χ4n) is 8.81. The van der Waals surface area contributed by atoms with E-state index in [9.17, 15) is 19.8 Å². The number of unbranched alkanes of at least 4 members (excludes halogenated alkanes) is 40. The van der Waals surface area contributed by atoms with Crippen LogP contribution in [0, 0.1) is 0 Å². The van der Waals surface area contributed by atoms with E-state index in [1.807, 2.05) is 6.08 Å². The molecule has 378 valence electrons. The van der Waals surface area contributed by atoms with Crippen molar-refractivity contribution in [3.05, 3.63) is 24.3 Å². The van der Waals surface area contributed by atoms with Gasteiger partial charge in [0.15, 0.2) is 0 Å². The molecule has 0 aromatic carbocycles. The van der Waals surface area contributed by atoms with Gasteiger partial charge in [-0.1, -0.05) is 263 Å². The van der Waals surface area contributed by atoms with Gasteiger partial charge in [-0.2, -0.15) is 0 Å². The minimum absolute atomic E-state index is 0.00466. The molecule has 0 fully saturated rings. The molecule has 0 bridgehead atoms. The summed E-state index contributed by atoms with van der Waals surface area (Å²) >= 11 is 0. The smallest absolute Gasteiger partial charge is 0.305 e. The van der Waals surface area contributed by atoms with Crippen LogP contribution in [0.15, 0.2) is 24.3 Å². The molecular formula is C58H111NO5. The van der Waals surface area contributed by atoms with Crippen molar-refractivity contribution >= 4 is 11.9 Å². The van der Waals surface area contributed by atoms with Crippen LogP contribution in [0.4, 0.5) is 0 Å². The lowest BCUT2D eigenvalue weighted by Crippen LogP contribution is -2.45. The van der Waals surface area contributed by atoms with Gasteiger partial charge in [0.1, 0.15) is 0 Å². The summed E-state index contributed by atoms with van der Waals surface area (Å²) in [6.45, 7) is 4.89. The van der Waals surface area contributed by atoms with Crippen LogP contribution in [0.25, 0.3) is 0 Å². The average Bonchev–Trinajstić information content (AvgIpc) is 3.29. The van der Waals surface area contributed by atoms with Crippen molar-refractivity contribution in [2.75, 3.05) is 13.2 Å². The maximum Gasteiger partial charge on any atom is 0.305 e. The number of rotatable bonds is 53. The number of hydrogen-bond donors (Lipinski definition) is 3. The fourth-order valence-corrected chi connectivity index (χ4v) is 8.81. The molecule has 0 aliphatic heterocycles. The first-order valence-electron chi connectivity index (χ1n) is 28.6. The van der Waals surface area contributed by atoms with Gasteiger partial charge in [-0.15, -0.1) is 0 Å². The molecule has 6 nitrogen and oxygen atoms in total. The van der Waals surface area contributed by atoms with E-state index in [-0.39, 0.29) is 18.5 Å². The second-order valence-electron chi connectivity index (χ2n) is 19.6. The van der Waals surface area contributed by atoms with Crippen LogP contribution in [0.5, 0.6) is 0 Å². The summed E-state index contributed by atoms with van der Waals surface area (Å²) in [6, 6.07) is -0.632. The molecule has 0 heterocycles. The Bertz CT molecular complexity index is 997. The van der Waals surface area contributed by atoms with E-state index in [2.05, 4.69) is 31.3 Å². The van der Waals surface area contributed by atoms with Crippen LogP contribution in [0.1, 0.15) is 309 Å². The summed E-state index contributed by atoms with van der Waals surface area (Å²) in [5.74, 6) is -0.0764. The highest BCUT2D eigenvalue weighted by Crippen LogP contribution is 2.17. The number of nitrogens with one attached hydrogen (secondary N) is 1. The van der Waals surface area contributed by atoms with Crippen molar-refractivity contribution in [2.45, 2.75) is 321 Å². The van der Waals surface area contributed by atoms with Crippen LogP contribution in [-0.4, -0.2) is 47.4 Å². The Labute approximate surface area is 399 Å². The van der Waals surface area contributed by atoms with Crippen molar-refractivity contribution in [3.8, 4) is 0 Å². The van der Waals surface area contributed by atoms with Gasteiger partial charge in [0.2, 0.25) is 5.91 Å². The third kappa shape index (κ3) is 49.8. The van der Waals surface area contributed by atoms with Crippen molar-refractivity contribution in [1.82, 2.24) is 5.32 Å². The van der Waals surface area contributed by atoms with Crippen LogP contribution < -0.4 is 5.32 Å². The lowest BCUT2D eigenvalue weighted by atomic mass is 10.0. The first-order chi connectivity index (χ1) is 31.5. The molecule has 0 saturated heterocycles. The van der Waals surface area contributed by atoms with Crippen LogP contribution in [0.2, 0.25) is 0 Å². The highest BCUT2D eigenvalue weighted by molar-refractivity contribution is 5.76. The number of aliphatic hydroxyl groups excluding tert-OH is 2. The van der Waals surface area contributed by atoms with Crippen molar-refractivity contribution in [3.63, 3.8) is 0 Å². The molecule has 6 heteroatoms. The largest absolute Gasteiger partial charge is 0.466 e. The second-order valence-corrected chi connectivity index (χ2v) is 19.6. The highest BCUT2D eigenvalue weighted by Gasteiger charge is 2.18. The maximum absolute atomic E-state index is 12.5. The minimum Gasteiger partial charge on any atom is -0.466 e. The van der Waals surface area contributed by atoms with E-state index in [1.54, 1.807) is 6.08 Å². The number of carbonyl (C=O) groups excluding carboxylic acids is 2. The quantitative estimate of drug-likeness (QED) is 0.0321. The molecule has 0 aromatic heterocycles. The molecule has 0 saturated carbocycles. The molecule has 1 amide bonds. The van der Waals surface area contributed by atoms with E-state index in [4.69, 9.17) is 4.74 Å². The maximum atomic E-state index is 12.5. The van der Waals surface area contributed by atoms with Gasteiger partial charge in [0.25, 0.3) is 0 Å². The van der Waals surface area contributed by atoms with Gasteiger partial charge in [0, 0.05) is 12.8 Å². The average molecular weight is 903 g/mol. The van der Waals surface area contributed by atoms with Crippen molar-refractivity contribution in [2.24, 2.45) is 0 Å². The number of hydrogen-bond acceptors (Lipinski definition) is 5. The molecule has 2 atom stereocenters. The predicted octanol–water partition coefficient (Wildman–Crippen LogP) is 17.5. The Morgan fingerprint density at radius 2 is 0.734 bits per heavy atom. The molecule has 2 unspecified atom stereocenters. The van der Waals surface area contributed by atoms with Crippen molar-refractivity contribution in [1.29, 1.82) is 0 Å². The van der Waals surface area contributed by atoms with E-state index in [0.29, 0.717) is 19.4 Å². The zero-order valence-electron chi connectivity index (χ0n) is 43.0. The van der Waals surface area contributed by atoms with Crippen LogP contribution >= 0.6 is 0 Å². The number of esters is 1. The first kappa shape index (κ1) is 62.3. The zero-order chi connectivity index (χ0) is 46.5. The molecule has 0 radical (unpaired) electrons. The molecule has 0 aliphatic carbocycles. The van der Waals surface area contributed by atoms with Gasteiger partial charge in [-0.3, -0.25) is 9.59 Å². The molecular weight excluding hydrogens is 791 g/mol. The summed E-state index contributed by atoms with van der Waals surface area (Å²) in [4.78, 5) is 24.5. The molecule has 64 heavy (non-hydrogen) atoms. The normalized spacial score (nSPS) is 12.8. The van der Waals surface area contributed by atoms with Crippen molar-refractivity contribution < 1.29 is 24.5 Å². The summed E-state index contributed by atoms with van der Waals surface area (Å²) in [5.41, 5.74) is 0.